The number of nitrogens with one attached hydrogen (secondary N) is 1. The van der Waals surface area contributed by atoms with E-state index in [1.807, 2.05) is 36.4 Å². The molecule has 1 aliphatic rings. The fourth-order valence-electron chi connectivity index (χ4n) is 2.74. The molecule has 1 fully saturated rings. The Bertz CT molecular complexity index is 731. The highest BCUT2D eigenvalue weighted by atomic mass is 16.2. The van der Waals surface area contributed by atoms with Gasteiger partial charge in [-0.25, -0.2) is 0 Å². The average molecular weight is 297 g/mol. The molecule has 0 atom stereocenters. The minimum absolute atomic E-state index is 0.179. The van der Waals surface area contributed by atoms with Gasteiger partial charge in [0.15, 0.2) is 0 Å². The first-order chi connectivity index (χ1) is 10.7. The first-order valence-corrected chi connectivity index (χ1v) is 7.44. The number of aromatic nitrogens is 1. The van der Waals surface area contributed by atoms with Gasteiger partial charge in [0.05, 0.1) is 5.69 Å². The van der Waals surface area contributed by atoms with Crippen LogP contribution in [0.25, 0.3) is 11.3 Å². The van der Waals surface area contributed by atoms with E-state index >= 15 is 0 Å². The molecule has 0 unspecified atom stereocenters. The first kappa shape index (κ1) is 14.5. The summed E-state index contributed by atoms with van der Waals surface area (Å²) in [4.78, 5) is 26.8. The van der Waals surface area contributed by atoms with Crippen molar-refractivity contribution in [3.8, 4) is 11.3 Å². The molecule has 2 heterocycles. The zero-order valence-electron chi connectivity index (χ0n) is 12.6. The van der Waals surface area contributed by atoms with Gasteiger partial charge in [-0.1, -0.05) is 30.3 Å². The van der Waals surface area contributed by atoms with E-state index in [1.54, 1.807) is 22.6 Å². The molecule has 1 aliphatic heterocycles. The van der Waals surface area contributed by atoms with Crippen molar-refractivity contribution in [1.82, 2.24) is 14.8 Å². The Morgan fingerprint density at radius 1 is 1.05 bits per heavy atom. The van der Waals surface area contributed by atoms with E-state index in [0.717, 1.165) is 24.3 Å². The van der Waals surface area contributed by atoms with Crippen LogP contribution in [0.1, 0.15) is 10.4 Å². The molecule has 0 bridgehead atoms. The van der Waals surface area contributed by atoms with E-state index < -0.39 is 0 Å². The molecule has 1 aromatic heterocycles. The number of pyridine rings is 1. The fraction of sp³-hybridized carbons (Fsp3) is 0.294. The maximum absolute atomic E-state index is 12.5. The molecule has 3 rings (SSSR count). The smallest absolute Gasteiger partial charge is 0.263 e. The van der Waals surface area contributed by atoms with Gasteiger partial charge < -0.3 is 14.8 Å². The lowest BCUT2D eigenvalue weighted by Crippen LogP contribution is -2.47. The summed E-state index contributed by atoms with van der Waals surface area (Å²) in [6, 6.07) is 13.2. The number of carbonyl (C=O) groups is 1. The predicted molar refractivity (Wildman–Crippen MR) is 85.9 cm³/mol. The summed E-state index contributed by atoms with van der Waals surface area (Å²) in [5, 5.41) is 3.20. The van der Waals surface area contributed by atoms with Crippen molar-refractivity contribution in [1.29, 1.82) is 0 Å². The van der Waals surface area contributed by atoms with Gasteiger partial charge in [0.25, 0.3) is 11.5 Å². The van der Waals surface area contributed by atoms with Gasteiger partial charge in [-0.3, -0.25) is 9.59 Å². The van der Waals surface area contributed by atoms with E-state index in [-0.39, 0.29) is 17.0 Å². The van der Waals surface area contributed by atoms with Crippen molar-refractivity contribution in [2.45, 2.75) is 0 Å². The molecule has 1 aromatic carbocycles. The van der Waals surface area contributed by atoms with Gasteiger partial charge in [0, 0.05) is 33.2 Å². The summed E-state index contributed by atoms with van der Waals surface area (Å²) in [6.45, 7) is 2.83. The Hall–Kier alpha value is -2.40. The minimum Gasteiger partial charge on any atom is -0.336 e. The zero-order valence-corrected chi connectivity index (χ0v) is 12.6. The van der Waals surface area contributed by atoms with Crippen LogP contribution in [0.4, 0.5) is 0 Å². The van der Waals surface area contributed by atoms with Crippen molar-refractivity contribution < 1.29 is 4.79 Å². The second-order valence-corrected chi connectivity index (χ2v) is 5.40. The molecule has 1 amide bonds. The van der Waals surface area contributed by atoms with Crippen LogP contribution in [0, 0.1) is 0 Å². The molecule has 5 nitrogen and oxygen atoms in total. The highest BCUT2D eigenvalue weighted by molar-refractivity contribution is 5.94. The van der Waals surface area contributed by atoms with Crippen LogP contribution in [0.3, 0.4) is 0 Å². The molecule has 22 heavy (non-hydrogen) atoms. The third-order valence-electron chi connectivity index (χ3n) is 4.01. The largest absolute Gasteiger partial charge is 0.336 e. The number of amides is 1. The predicted octanol–water partition coefficient (Wildman–Crippen LogP) is 1.10. The maximum Gasteiger partial charge on any atom is 0.263 e. The summed E-state index contributed by atoms with van der Waals surface area (Å²) >= 11 is 0. The zero-order chi connectivity index (χ0) is 15.5. The van der Waals surface area contributed by atoms with Gasteiger partial charge in [0.1, 0.15) is 5.56 Å². The van der Waals surface area contributed by atoms with E-state index in [1.165, 1.54) is 0 Å². The number of carbonyl (C=O) groups excluding carboxylic acids is 1. The average Bonchev–Trinajstić information content (AvgIpc) is 2.58. The topological polar surface area (TPSA) is 54.3 Å². The van der Waals surface area contributed by atoms with Gasteiger partial charge in [-0.15, -0.1) is 0 Å². The van der Waals surface area contributed by atoms with Gasteiger partial charge in [-0.2, -0.15) is 0 Å². The van der Waals surface area contributed by atoms with Gasteiger partial charge >= 0.3 is 0 Å². The molecule has 0 radical (unpaired) electrons. The lowest BCUT2D eigenvalue weighted by atomic mass is 10.1. The van der Waals surface area contributed by atoms with Crippen molar-refractivity contribution in [3.63, 3.8) is 0 Å². The van der Waals surface area contributed by atoms with Gasteiger partial charge in [-0.05, 0) is 17.7 Å². The monoisotopic (exact) mass is 297 g/mol. The van der Waals surface area contributed by atoms with Gasteiger partial charge in [0.2, 0.25) is 0 Å². The van der Waals surface area contributed by atoms with Crippen molar-refractivity contribution in [3.05, 3.63) is 58.4 Å². The van der Waals surface area contributed by atoms with Crippen LogP contribution in [-0.2, 0) is 7.05 Å². The molecule has 1 saturated heterocycles. The van der Waals surface area contributed by atoms with Crippen molar-refractivity contribution in [2.75, 3.05) is 26.2 Å². The number of piperazine rings is 1. The standard InChI is InChI=1S/C17H19N3O2/c1-19-15(13-5-3-2-4-6-13)8-7-14(16(19)21)17(22)20-11-9-18-10-12-20/h2-8,18H,9-12H2,1H3. The third-order valence-corrected chi connectivity index (χ3v) is 4.01. The second-order valence-electron chi connectivity index (χ2n) is 5.40. The van der Waals surface area contributed by atoms with Crippen LogP contribution in [-0.4, -0.2) is 41.6 Å². The molecule has 0 aliphatic carbocycles. The second kappa shape index (κ2) is 6.15. The van der Waals surface area contributed by atoms with Crippen LogP contribution < -0.4 is 10.9 Å². The summed E-state index contributed by atoms with van der Waals surface area (Å²) in [7, 11) is 1.71. The Morgan fingerprint density at radius 2 is 1.73 bits per heavy atom. The van der Waals surface area contributed by atoms with E-state index in [2.05, 4.69) is 5.32 Å². The number of rotatable bonds is 2. The third kappa shape index (κ3) is 2.67. The summed E-state index contributed by atoms with van der Waals surface area (Å²) in [6.07, 6.45) is 0. The number of hydrogen-bond acceptors (Lipinski definition) is 3. The molecule has 1 N–H and O–H groups in total. The molecule has 114 valence electrons. The number of benzene rings is 1. The lowest BCUT2D eigenvalue weighted by molar-refractivity contribution is 0.0733. The normalized spacial score (nSPS) is 14.9. The number of hydrogen-bond donors (Lipinski definition) is 1. The molecule has 5 heteroatoms. The molecule has 0 saturated carbocycles. The van der Waals surface area contributed by atoms with Crippen LogP contribution in [0.15, 0.2) is 47.3 Å². The van der Waals surface area contributed by atoms with Crippen molar-refractivity contribution in [2.24, 2.45) is 7.05 Å². The molecular formula is C17H19N3O2. The van der Waals surface area contributed by atoms with E-state index in [4.69, 9.17) is 0 Å². The Kier molecular flexibility index (Phi) is 4.06. The Morgan fingerprint density at radius 3 is 2.41 bits per heavy atom. The lowest BCUT2D eigenvalue weighted by Gasteiger charge is -2.27. The summed E-state index contributed by atoms with van der Waals surface area (Å²) < 4.78 is 1.55. The maximum atomic E-state index is 12.5. The Balaban J connectivity index is 1.96. The molecular weight excluding hydrogens is 278 g/mol. The summed E-state index contributed by atoms with van der Waals surface area (Å²) in [5.74, 6) is -0.179. The molecule has 2 aromatic rings. The van der Waals surface area contributed by atoms with Crippen LogP contribution >= 0.6 is 0 Å². The highest BCUT2D eigenvalue weighted by Gasteiger charge is 2.21. The Labute approximate surface area is 129 Å². The first-order valence-electron chi connectivity index (χ1n) is 7.44. The minimum atomic E-state index is -0.245. The molecule has 0 spiro atoms. The highest BCUT2D eigenvalue weighted by Crippen LogP contribution is 2.17. The summed E-state index contributed by atoms with van der Waals surface area (Å²) in [5.41, 5.74) is 1.76. The number of nitrogens with zero attached hydrogens (tertiary/aromatic N) is 2. The quantitative estimate of drug-likeness (QED) is 0.903. The van der Waals surface area contributed by atoms with E-state index in [0.29, 0.717) is 13.1 Å². The van der Waals surface area contributed by atoms with Crippen LogP contribution in [0.2, 0.25) is 0 Å². The fourth-order valence-corrected chi connectivity index (χ4v) is 2.74. The van der Waals surface area contributed by atoms with E-state index in [9.17, 15) is 9.59 Å². The van der Waals surface area contributed by atoms with Crippen molar-refractivity contribution >= 4 is 5.91 Å². The van der Waals surface area contributed by atoms with Crippen LogP contribution in [0.5, 0.6) is 0 Å². The SMILES string of the molecule is Cn1c(-c2ccccc2)ccc(C(=O)N2CCNCC2)c1=O.